The van der Waals surface area contributed by atoms with E-state index in [0.717, 1.165) is 30.6 Å². The molecule has 3 heteroatoms. The lowest BCUT2D eigenvalue weighted by Gasteiger charge is -2.39. The van der Waals surface area contributed by atoms with Crippen molar-refractivity contribution in [1.82, 2.24) is 0 Å². The molecule has 2 atom stereocenters. The molecule has 2 N–H and O–H groups in total. The number of fused-ring (bicyclic) bond motifs is 1. The fourth-order valence-corrected chi connectivity index (χ4v) is 2.69. The van der Waals surface area contributed by atoms with Crippen LogP contribution in [0.25, 0.3) is 0 Å². The van der Waals surface area contributed by atoms with Crippen molar-refractivity contribution in [2.24, 2.45) is 5.73 Å². The Hall–Kier alpha value is -1.09. The Labute approximate surface area is 108 Å². The molecule has 2 unspecified atom stereocenters. The molecule has 0 fully saturated rings. The van der Waals surface area contributed by atoms with Gasteiger partial charge in [-0.2, -0.15) is 0 Å². The van der Waals surface area contributed by atoms with Crippen LogP contribution in [0.5, 0.6) is 5.75 Å². The van der Waals surface area contributed by atoms with Crippen molar-refractivity contribution in [2.75, 3.05) is 0 Å². The first-order chi connectivity index (χ1) is 8.54. The first-order valence-electron chi connectivity index (χ1n) is 6.78. The van der Waals surface area contributed by atoms with Crippen LogP contribution >= 0.6 is 0 Å². The molecule has 0 spiro atoms. The summed E-state index contributed by atoms with van der Waals surface area (Å²) in [4.78, 5) is 0. The Morgan fingerprint density at radius 3 is 2.94 bits per heavy atom. The lowest BCUT2D eigenvalue weighted by Crippen LogP contribution is -2.40. The second kappa shape index (κ2) is 5.27. The van der Waals surface area contributed by atoms with Crippen LogP contribution in [0.3, 0.4) is 0 Å². The molecule has 0 saturated heterocycles. The SMILES string of the molecule is CCCCCC1(C)CC(N)c2cc(F)ccc2O1. The van der Waals surface area contributed by atoms with Crippen LogP contribution in [0.15, 0.2) is 18.2 Å². The third-order valence-corrected chi connectivity index (χ3v) is 3.69. The van der Waals surface area contributed by atoms with E-state index in [1.165, 1.54) is 25.0 Å². The van der Waals surface area contributed by atoms with Gasteiger partial charge in [-0.05, 0) is 38.0 Å². The minimum absolute atomic E-state index is 0.129. The van der Waals surface area contributed by atoms with Crippen molar-refractivity contribution in [2.45, 2.75) is 57.6 Å². The van der Waals surface area contributed by atoms with E-state index >= 15 is 0 Å². The monoisotopic (exact) mass is 251 g/mol. The number of ether oxygens (including phenoxy) is 1. The highest BCUT2D eigenvalue weighted by Crippen LogP contribution is 2.40. The first kappa shape index (κ1) is 13.3. The molecule has 1 aliphatic rings. The van der Waals surface area contributed by atoms with Crippen molar-refractivity contribution >= 4 is 0 Å². The third kappa shape index (κ3) is 2.83. The fraction of sp³-hybridized carbons (Fsp3) is 0.600. The highest BCUT2D eigenvalue weighted by molar-refractivity contribution is 5.39. The molecule has 1 heterocycles. The highest BCUT2D eigenvalue weighted by Gasteiger charge is 2.35. The largest absolute Gasteiger partial charge is 0.487 e. The predicted octanol–water partition coefficient (Wildman–Crippen LogP) is 3.95. The number of hydrogen-bond donors (Lipinski definition) is 1. The van der Waals surface area contributed by atoms with Gasteiger partial charge in [0.1, 0.15) is 17.2 Å². The van der Waals surface area contributed by atoms with Gasteiger partial charge in [-0.25, -0.2) is 4.39 Å². The summed E-state index contributed by atoms with van der Waals surface area (Å²) in [5, 5.41) is 0. The standard InChI is InChI=1S/C15H22FNO/c1-3-4-5-8-15(2)10-13(17)12-9-11(16)6-7-14(12)18-15/h6-7,9,13H,3-5,8,10,17H2,1-2H3. The van der Waals surface area contributed by atoms with Gasteiger partial charge in [0.05, 0.1) is 0 Å². The van der Waals surface area contributed by atoms with Crippen LogP contribution in [0.2, 0.25) is 0 Å². The number of rotatable bonds is 4. The van der Waals surface area contributed by atoms with Crippen LogP contribution in [-0.4, -0.2) is 5.60 Å². The van der Waals surface area contributed by atoms with Gasteiger partial charge in [-0.1, -0.05) is 19.8 Å². The molecule has 18 heavy (non-hydrogen) atoms. The van der Waals surface area contributed by atoms with Gasteiger partial charge in [0, 0.05) is 18.0 Å². The average molecular weight is 251 g/mol. The van der Waals surface area contributed by atoms with E-state index in [-0.39, 0.29) is 17.5 Å². The van der Waals surface area contributed by atoms with Gasteiger partial charge >= 0.3 is 0 Å². The lowest BCUT2D eigenvalue weighted by molar-refractivity contribution is 0.0429. The van der Waals surface area contributed by atoms with E-state index in [0.29, 0.717) is 0 Å². The topological polar surface area (TPSA) is 35.2 Å². The second-order valence-electron chi connectivity index (χ2n) is 5.50. The summed E-state index contributed by atoms with van der Waals surface area (Å²) in [6, 6.07) is 4.49. The summed E-state index contributed by atoms with van der Waals surface area (Å²) in [5.41, 5.74) is 6.73. The van der Waals surface area contributed by atoms with Gasteiger partial charge in [-0.3, -0.25) is 0 Å². The quantitative estimate of drug-likeness (QED) is 0.822. The van der Waals surface area contributed by atoms with Crippen molar-refractivity contribution in [3.63, 3.8) is 0 Å². The molecule has 1 aliphatic heterocycles. The smallest absolute Gasteiger partial charge is 0.125 e. The van der Waals surface area contributed by atoms with E-state index in [2.05, 4.69) is 13.8 Å². The third-order valence-electron chi connectivity index (χ3n) is 3.69. The molecule has 2 rings (SSSR count). The Balaban J connectivity index is 2.14. The summed E-state index contributed by atoms with van der Waals surface area (Å²) in [6.45, 7) is 4.29. The number of nitrogens with two attached hydrogens (primary N) is 1. The zero-order valence-electron chi connectivity index (χ0n) is 11.2. The minimum Gasteiger partial charge on any atom is -0.487 e. The Kier molecular flexibility index (Phi) is 3.91. The molecule has 0 aromatic heterocycles. The van der Waals surface area contributed by atoms with Gasteiger partial charge in [0.25, 0.3) is 0 Å². The number of benzene rings is 1. The molecule has 100 valence electrons. The van der Waals surface area contributed by atoms with Crippen LogP contribution in [0.1, 0.15) is 57.6 Å². The Bertz CT molecular complexity index is 421. The maximum atomic E-state index is 13.2. The summed E-state index contributed by atoms with van der Waals surface area (Å²) >= 11 is 0. The molecular weight excluding hydrogens is 229 g/mol. The predicted molar refractivity (Wildman–Crippen MR) is 71.1 cm³/mol. The van der Waals surface area contributed by atoms with Crippen molar-refractivity contribution in [1.29, 1.82) is 0 Å². The van der Waals surface area contributed by atoms with Crippen LogP contribution in [0.4, 0.5) is 4.39 Å². The van der Waals surface area contributed by atoms with Gasteiger partial charge in [-0.15, -0.1) is 0 Å². The summed E-state index contributed by atoms with van der Waals surface area (Å²) in [7, 11) is 0. The lowest BCUT2D eigenvalue weighted by atomic mass is 9.85. The molecule has 0 bridgehead atoms. The van der Waals surface area contributed by atoms with Gasteiger partial charge in [0.2, 0.25) is 0 Å². The number of unbranched alkanes of at least 4 members (excludes halogenated alkanes) is 2. The molecule has 1 aromatic carbocycles. The van der Waals surface area contributed by atoms with E-state index in [1.54, 1.807) is 6.07 Å². The summed E-state index contributed by atoms with van der Waals surface area (Å²) in [6.07, 6.45) is 5.32. The molecule has 0 saturated carbocycles. The minimum atomic E-state index is -0.248. The van der Waals surface area contributed by atoms with Crippen molar-refractivity contribution in [3.8, 4) is 5.75 Å². The number of hydrogen-bond acceptors (Lipinski definition) is 2. The van der Waals surface area contributed by atoms with Crippen molar-refractivity contribution in [3.05, 3.63) is 29.6 Å². The molecule has 0 radical (unpaired) electrons. The normalized spacial score (nSPS) is 26.6. The van der Waals surface area contributed by atoms with Crippen LogP contribution in [-0.2, 0) is 0 Å². The molecule has 2 nitrogen and oxygen atoms in total. The van der Waals surface area contributed by atoms with E-state index < -0.39 is 0 Å². The van der Waals surface area contributed by atoms with Crippen molar-refractivity contribution < 1.29 is 9.13 Å². The molecular formula is C15H22FNO. The van der Waals surface area contributed by atoms with E-state index in [4.69, 9.17) is 10.5 Å². The zero-order chi connectivity index (χ0) is 13.2. The highest BCUT2D eigenvalue weighted by atomic mass is 19.1. The van der Waals surface area contributed by atoms with E-state index in [9.17, 15) is 4.39 Å². The molecule has 0 aliphatic carbocycles. The summed E-state index contributed by atoms with van der Waals surface area (Å²) in [5.74, 6) is 0.497. The van der Waals surface area contributed by atoms with Crippen LogP contribution in [0, 0.1) is 5.82 Å². The molecule has 1 aromatic rings. The summed E-state index contributed by atoms with van der Waals surface area (Å²) < 4.78 is 19.2. The molecule has 0 amide bonds. The van der Waals surface area contributed by atoms with E-state index in [1.807, 2.05) is 0 Å². The Morgan fingerprint density at radius 2 is 2.22 bits per heavy atom. The fourth-order valence-electron chi connectivity index (χ4n) is 2.69. The zero-order valence-corrected chi connectivity index (χ0v) is 11.2. The van der Waals surface area contributed by atoms with Gasteiger partial charge < -0.3 is 10.5 Å². The second-order valence-corrected chi connectivity index (χ2v) is 5.50. The van der Waals surface area contributed by atoms with Crippen LogP contribution < -0.4 is 10.5 Å². The van der Waals surface area contributed by atoms with Gasteiger partial charge in [0.15, 0.2) is 0 Å². The maximum Gasteiger partial charge on any atom is 0.125 e. The Morgan fingerprint density at radius 1 is 1.44 bits per heavy atom. The maximum absolute atomic E-state index is 13.2. The first-order valence-corrected chi connectivity index (χ1v) is 6.78. The number of halogens is 1. The average Bonchev–Trinajstić information content (AvgIpc) is 2.31.